The second-order valence-corrected chi connectivity index (χ2v) is 11.6. The average Bonchev–Trinajstić information content (AvgIpc) is 3.18. The number of hydrogen-bond donors (Lipinski definition) is 1. The standard InChI is InChI=1S/C24H37NO3/c1-22(2)14-28-24(4,25(22)27)21-10-7-17-18-6-5-15-13-16(26)11-12-23(15,3)20(18)9-8-19(17)21/h5,17-21,25H,6-14H2,1-4H3/t17?,18?,19?,20?,21?,23-,24?/m0/s1. The van der Waals surface area contributed by atoms with Gasteiger partial charge < -0.3 is 15.0 Å². The number of ether oxygens (including phenoxy) is 1. The Kier molecular flexibility index (Phi) is 4.23. The quantitative estimate of drug-likeness (QED) is 0.552. The van der Waals surface area contributed by atoms with Crippen LogP contribution in [0.3, 0.4) is 0 Å². The van der Waals surface area contributed by atoms with Gasteiger partial charge in [-0.15, -0.1) is 0 Å². The molecule has 7 unspecified atom stereocenters. The molecule has 4 aliphatic carbocycles. The van der Waals surface area contributed by atoms with Crippen LogP contribution in [0.1, 0.15) is 79.1 Å². The van der Waals surface area contributed by atoms with Crippen molar-refractivity contribution in [3.63, 3.8) is 0 Å². The van der Waals surface area contributed by atoms with Gasteiger partial charge in [-0.1, -0.05) is 18.6 Å². The lowest BCUT2D eigenvalue weighted by Crippen LogP contribution is -3.21. The number of carbonyl (C=O) groups excluding carboxylic acids is 1. The van der Waals surface area contributed by atoms with Crippen LogP contribution < -0.4 is 5.06 Å². The predicted molar refractivity (Wildman–Crippen MR) is 108 cm³/mol. The summed E-state index contributed by atoms with van der Waals surface area (Å²) in [5.74, 6) is 3.65. The summed E-state index contributed by atoms with van der Waals surface area (Å²) in [5.41, 5.74) is 0.771. The van der Waals surface area contributed by atoms with Crippen molar-refractivity contribution < 1.29 is 14.6 Å². The highest BCUT2D eigenvalue weighted by molar-refractivity contribution is 5.82. The van der Waals surface area contributed by atoms with E-state index in [0.29, 0.717) is 35.7 Å². The van der Waals surface area contributed by atoms with Crippen molar-refractivity contribution in [2.45, 2.75) is 90.3 Å². The van der Waals surface area contributed by atoms with Gasteiger partial charge in [0, 0.05) is 25.7 Å². The number of carbonyl (C=O) groups is 1. The van der Waals surface area contributed by atoms with Crippen LogP contribution in [-0.2, 0) is 9.53 Å². The largest absolute Gasteiger partial charge is 0.632 e. The normalized spacial score (nSPS) is 52.6. The molecule has 0 radical (unpaired) electrons. The van der Waals surface area contributed by atoms with Crippen molar-refractivity contribution in [3.8, 4) is 0 Å². The van der Waals surface area contributed by atoms with Gasteiger partial charge in [-0.2, -0.15) is 0 Å². The first-order chi connectivity index (χ1) is 13.2. The number of hydroxylamine groups is 2. The topological polar surface area (TPSA) is 53.8 Å². The fourth-order valence-corrected chi connectivity index (χ4v) is 8.22. The molecule has 0 aromatic carbocycles. The van der Waals surface area contributed by atoms with Crippen LogP contribution in [0.2, 0.25) is 0 Å². The molecule has 0 bridgehead atoms. The van der Waals surface area contributed by atoms with E-state index in [1.165, 1.54) is 24.8 Å². The maximum atomic E-state index is 13.2. The molecular weight excluding hydrogens is 350 g/mol. The monoisotopic (exact) mass is 387 g/mol. The van der Waals surface area contributed by atoms with Crippen molar-refractivity contribution >= 4 is 5.78 Å². The molecule has 0 spiro atoms. The van der Waals surface area contributed by atoms with Crippen LogP contribution in [0.15, 0.2) is 11.6 Å². The third-order valence-electron chi connectivity index (χ3n) is 9.76. The van der Waals surface area contributed by atoms with Gasteiger partial charge in [0.2, 0.25) is 5.72 Å². The van der Waals surface area contributed by atoms with E-state index in [9.17, 15) is 10.0 Å². The molecule has 8 atom stereocenters. The van der Waals surface area contributed by atoms with Crippen LogP contribution in [0.25, 0.3) is 0 Å². The van der Waals surface area contributed by atoms with Crippen molar-refractivity contribution in [1.82, 2.24) is 0 Å². The number of nitrogens with one attached hydrogen (secondary N) is 1. The van der Waals surface area contributed by atoms with E-state index in [0.717, 1.165) is 43.4 Å². The second-order valence-electron chi connectivity index (χ2n) is 11.6. The lowest BCUT2D eigenvalue weighted by Gasteiger charge is -2.55. The minimum atomic E-state index is -0.577. The highest BCUT2D eigenvalue weighted by Crippen LogP contribution is 2.62. The fourth-order valence-electron chi connectivity index (χ4n) is 8.22. The molecule has 4 fully saturated rings. The highest BCUT2D eigenvalue weighted by atomic mass is 16.6. The van der Waals surface area contributed by atoms with Crippen LogP contribution in [0.4, 0.5) is 0 Å². The number of rotatable bonds is 1. The summed E-state index contributed by atoms with van der Waals surface area (Å²) in [6.07, 6.45) is 11.0. The number of fused-ring (bicyclic) bond motifs is 5. The zero-order valence-corrected chi connectivity index (χ0v) is 18.1. The Labute approximate surface area is 169 Å². The molecule has 5 rings (SSSR count). The van der Waals surface area contributed by atoms with Gasteiger partial charge in [0.1, 0.15) is 17.9 Å². The van der Waals surface area contributed by atoms with Crippen molar-refractivity contribution in [2.24, 2.45) is 35.0 Å². The van der Waals surface area contributed by atoms with Crippen LogP contribution in [0.5, 0.6) is 0 Å². The maximum absolute atomic E-state index is 13.2. The van der Waals surface area contributed by atoms with Gasteiger partial charge in [0.15, 0.2) is 0 Å². The van der Waals surface area contributed by atoms with Gasteiger partial charge in [0.25, 0.3) is 0 Å². The average molecular weight is 388 g/mol. The molecule has 1 saturated heterocycles. The number of Topliss-reactive ketones (excluding diaryl/α,β-unsaturated/α-hetero) is 1. The molecule has 5 aliphatic rings. The Morgan fingerprint density at radius 2 is 1.75 bits per heavy atom. The first-order valence-electron chi connectivity index (χ1n) is 11.6. The Hall–Kier alpha value is -0.710. The molecule has 1 N–H and O–H groups in total. The van der Waals surface area contributed by atoms with E-state index < -0.39 is 5.72 Å². The van der Waals surface area contributed by atoms with Gasteiger partial charge in [-0.25, -0.2) is 0 Å². The summed E-state index contributed by atoms with van der Waals surface area (Å²) in [5, 5.41) is 13.5. The lowest BCUT2D eigenvalue weighted by molar-refractivity contribution is -0.952. The third kappa shape index (κ3) is 2.50. The smallest absolute Gasteiger partial charge is 0.202 e. The van der Waals surface area contributed by atoms with E-state index in [-0.39, 0.29) is 11.0 Å². The van der Waals surface area contributed by atoms with Gasteiger partial charge in [-0.3, -0.25) is 4.79 Å². The van der Waals surface area contributed by atoms with Crippen molar-refractivity contribution in [3.05, 3.63) is 16.9 Å². The molecular formula is C24H37NO3. The van der Waals surface area contributed by atoms with Gasteiger partial charge in [0.05, 0.1) is 0 Å². The molecule has 0 aromatic heterocycles. The zero-order chi connectivity index (χ0) is 19.9. The Balaban J connectivity index is 1.41. The lowest BCUT2D eigenvalue weighted by atomic mass is 9.50. The highest BCUT2D eigenvalue weighted by Gasteiger charge is 2.61. The number of ketones is 1. The third-order valence-corrected chi connectivity index (χ3v) is 9.76. The van der Waals surface area contributed by atoms with E-state index >= 15 is 0 Å². The second kappa shape index (κ2) is 6.15. The van der Waals surface area contributed by atoms with E-state index in [1.54, 1.807) is 0 Å². The van der Waals surface area contributed by atoms with E-state index in [1.807, 2.05) is 13.8 Å². The van der Waals surface area contributed by atoms with Crippen LogP contribution >= 0.6 is 0 Å². The predicted octanol–water partition coefficient (Wildman–Crippen LogP) is 3.65. The first-order valence-corrected chi connectivity index (χ1v) is 11.6. The Morgan fingerprint density at radius 3 is 2.46 bits per heavy atom. The molecule has 28 heavy (non-hydrogen) atoms. The summed E-state index contributed by atoms with van der Waals surface area (Å²) in [6, 6.07) is 0. The van der Waals surface area contributed by atoms with E-state index in [4.69, 9.17) is 4.74 Å². The summed E-state index contributed by atoms with van der Waals surface area (Å²) >= 11 is 0. The Bertz CT molecular complexity index is 715. The molecule has 0 aromatic rings. The summed E-state index contributed by atoms with van der Waals surface area (Å²) in [7, 11) is 0. The van der Waals surface area contributed by atoms with Crippen molar-refractivity contribution in [1.29, 1.82) is 0 Å². The van der Waals surface area contributed by atoms with Crippen LogP contribution in [0, 0.1) is 40.2 Å². The first kappa shape index (κ1) is 19.3. The summed E-state index contributed by atoms with van der Waals surface area (Å²) in [4.78, 5) is 12.0. The van der Waals surface area contributed by atoms with Gasteiger partial charge in [-0.05, 0) is 81.5 Å². The molecule has 4 heteroatoms. The molecule has 1 heterocycles. The summed E-state index contributed by atoms with van der Waals surface area (Å²) < 4.78 is 6.26. The summed E-state index contributed by atoms with van der Waals surface area (Å²) in [6.45, 7) is 9.20. The minimum Gasteiger partial charge on any atom is -0.632 e. The van der Waals surface area contributed by atoms with E-state index in [2.05, 4.69) is 19.9 Å². The van der Waals surface area contributed by atoms with Crippen molar-refractivity contribution in [2.75, 3.05) is 6.61 Å². The molecule has 3 saturated carbocycles. The molecule has 0 amide bonds. The molecule has 4 nitrogen and oxygen atoms in total. The number of hydrogen-bond acceptors (Lipinski definition) is 3. The molecule has 156 valence electrons. The number of allylic oxidation sites excluding steroid dienone is 2. The van der Waals surface area contributed by atoms with Gasteiger partial charge >= 0.3 is 0 Å². The molecule has 1 aliphatic heterocycles. The zero-order valence-electron chi connectivity index (χ0n) is 18.1. The fraction of sp³-hybridized carbons (Fsp3) is 0.875. The maximum Gasteiger partial charge on any atom is 0.202 e. The SMILES string of the molecule is CC1(C)COC(C)(C2CCC3C2CCC2C3CC=C3CC(=O)CC[C@@]32C)[NH+]1[O-]. The number of quaternary nitrogens is 1. The Morgan fingerprint density at radius 1 is 1.04 bits per heavy atom. The minimum absolute atomic E-state index is 0.242. The van der Waals surface area contributed by atoms with Crippen LogP contribution in [-0.4, -0.2) is 23.7 Å².